The summed E-state index contributed by atoms with van der Waals surface area (Å²) in [5.41, 5.74) is 1.17. The largest absolute Gasteiger partial charge is 0.480 e. The molecule has 0 aromatic heterocycles. The number of likely N-dealkylation sites (tertiary alicyclic amines) is 1. The van der Waals surface area contributed by atoms with Gasteiger partial charge in [-0.05, 0) is 12.0 Å². The Morgan fingerprint density at radius 2 is 2.11 bits per heavy atom. The van der Waals surface area contributed by atoms with Crippen LogP contribution in [-0.2, 0) is 15.3 Å². The van der Waals surface area contributed by atoms with Gasteiger partial charge in [0.15, 0.2) is 0 Å². The van der Waals surface area contributed by atoms with Gasteiger partial charge in [-0.3, -0.25) is 4.79 Å². The SMILES string of the molecule is O=C(O)C(CSCc1ccccc1)N1CCCC1=O. The van der Waals surface area contributed by atoms with Crippen LogP contribution in [0.4, 0.5) is 0 Å². The number of carboxylic acid groups (broad SMARTS) is 1. The van der Waals surface area contributed by atoms with Crippen molar-refractivity contribution in [1.29, 1.82) is 0 Å². The van der Waals surface area contributed by atoms with Crippen LogP contribution in [-0.4, -0.2) is 40.2 Å². The summed E-state index contributed by atoms with van der Waals surface area (Å²) < 4.78 is 0. The fourth-order valence-electron chi connectivity index (χ4n) is 2.16. The van der Waals surface area contributed by atoms with E-state index in [9.17, 15) is 14.7 Å². The molecule has 1 atom stereocenters. The van der Waals surface area contributed by atoms with E-state index in [1.165, 1.54) is 10.5 Å². The maximum atomic E-state index is 11.6. The van der Waals surface area contributed by atoms with Crippen molar-refractivity contribution in [2.45, 2.75) is 24.6 Å². The Balaban J connectivity index is 1.87. The number of carbonyl (C=O) groups is 2. The first kappa shape index (κ1) is 13.9. The molecule has 1 aliphatic rings. The molecule has 2 rings (SSSR count). The molecule has 1 aromatic carbocycles. The Labute approximate surface area is 116 Å². The van der Waals surface area contributed by atoms with E-state index in [2.05, 4.69) is 0 Å². The van der Waals surface area contributed by atoms with Crippen LogP contribution in [0.2, 0.25) is 0 Å². The number of carbonyl (C=O) groups excluding carboxylic acids is 1. The van der Waals surface area contributed by atoms with E-state index in [1.807, 2.05) is 30.3 Å². The summed E-state index contributed by atoms with van der Waals surface area (Å²) in [6, 6.07) is 9.23. The number of rotatable bonds is 6. The first-order valence-electron chi connectivity index (χ1n) is 6.32. The lowest BCUT2D eigenvalue weighted by Crippen LogP contribution is -2.43. The van der Waals surface area contributed by atoms with Crippen LogP contribution in [0.15, 0.2) is 30.3 Å². The van der Waals surface area contributed by atoms with Gasteiger partial charge in [-0.25, -0.2) is 4.79 Å². The number of nitrogens with zero attached hydrogens (tertiary/aromatic N) is 1. The zero-order valence-corrected chi connectivity index (χ0v) is 11.4. The summed E-state index contributed by atoms with van der Waals surface area (Å²) in [5.74, 6) is 0.270. The van der Waals surface area contributed by atoms with Crippen LogP contribution in [0.25, 0.3) is 0 Å². The summed E-state index contributed by atoms with van der Waals surface area (Å²) >= 11 is 1.56. The third-order valence-electron chi connectivity index (χ3n) is 3.16. The van der Waals surface area contributed by atoms with Crippen molar-refractivity contribution in [1.82, 2.24) is 4.90 Å². The van der Waals surface area contributed by atoms with Crippen LogP contribution < -0.4 is 0 Å². The van der Waals surface area contributed by atoms with Gasteiger partial charge >= 0.3 is 5.97 Å². The number of aliphatic carboxylic acids is 1. The van der Waals surface area contributed by atoms with Crippen molar-refractivity contribution in [3.05, 3.63) is 35.9 Å². The first-order valence-corrected chi connectivity index (χ1v) is 7.48. The second kappa shape index (κ2) is 6.61. The highest BCUT2D eigenvalue weighted by molar-refractivity contribution is 7.98. The highest BCUT2D eigenvalue weighted by Gasteiger charge is 2.32. The maximum absolute atomic E-state index is 11.6. The highest BCUT2D eigenvalue weighted by Crippen LogP contribution is 2.19. The Morgan fingerprint density at radius 3 is 2.68 bits per heavy atom. The van der Waals surface area contributed by atoms with Gasteiger partial charge in [0, 0.05) is 24.5 Å². The molecule has 1 N–H and O–H groups in total. The van der Waals surface area contributed by atoms with Crippen LogP contribution in [0.5, 0.6) is 0 Å². The van der Waals surface area contributed by atoms with Crippen molar-refractivity contribution in [2.24, 2.45) is 0 Å². The maximum Gasteiger partial charge on any atom is 0.327 e. The van der Waals surface area contributed by atoms with E-state index in [0.29, 0.717) is 18.7 Å². The summed E-state index contributed by atoms with van der Waals surface area (Å²) in [6.07, 6.45) is 1.25. The Kier molecular flexibility index (Phi) is 4.85. The van der Waals surface area contributed by atoms with Crippen molar-refractivity contribution in [2.75, 3.05) is 12.3 Å². The number of thioether (sulfide) groups is 1. The molecule has 1 fully saturated rings. The third-order valence-corrected chi connectivity index (χ3v) is 4.25. The minimum Gasteiger partial charge on any atom is -0.480 e. The Bertz CT molecular complexity index is 449. The molecule has 0 radical (unpaired) electrons. The summed E-state index contributed by atoms with van der Waals surface area (Å²) in [7, 11) is 0. The molecule has 19 heavy (non-hydrogen) atoms. The van der Waals surface area contributed by atoms with Crippen LogP contribution >= 0.6 is 11.8 Å². The monoisotopic (exact) mass is 279 g/mol. The lowest BCUT2D eigenvalue weighted by Gasteiger charge is -2.23. The van der Waals surface area contributed by atoms with E-state index in [4.69, 9.17) is 0 Å². The minimum atomic E-state index is -0.907. The fourth-order valence-corrected chi connectivity index (χ4v) is 3.25. The van der Waals surface area contributed by atoms with Gasteiger partial charge in [-0.15, -0.1) is 0 Å². The molecule has 5 heteroatoms. The van der Waals surface area contributed by atoms with E-state index in [-0.39, 0.29) is 5.91 Å². The molecule has 0 bridgehead atoms. The zero-order valence-electron chi connectivity index (χ0n) is 10.6. The number of carboxylic acids is 1. The smallest absolute Gasteiger partial charge is 0.327 e. The van der Waals surface area contributed by atoms with Crippen molar-refractivity contribution in [3.63, 3.8) is 0 Å². The van der Waals surface area contributed by atoms with Crippen LogP contribution in [0, 0.1) is 0 Å². The molecule has 1 aliphatic heterocycles. The number of hydrogen-bond donors (Lipinski definition) is 1. The van der Waals surface area contributed by atoms with Crippen molar-refractivity contribution in [3.8, 4) is 0 Å². The molecule has 4 nitrogen and oxygen atoms in total. The molecule has 1 unspecified atom stereocenters. The van der Waals surface area contributed by atoms with Crippen molar-refractivity contribution >= 4 is 23.6 Å². The van der Waals surface area contributed by atoms with E-state index >= 15 is 0 Å². The fraction of sp³-hybridized carbons (Fsp3) is 0.429. The van der Waals surface area contributed by atoms with Crippen molar-refractivity contribution < 1.29 is 14.7 Å². The van der Waals surface area contributed by atoms with E-state index in [0.717, 1.165) is 12.2 Å². The van der Waals surface area contributed by atoms with Crippen LogP contribution in [0.3, 0.4) is 0 Å². The second-order valence-electron chi connectivity index (χ2n) is 4.55. The quantitative estimate of drug-likeness (QED) is 0.865. The molecule has 1 amide bonds. The van der Waals surface area contributed by atoms with Gasteiger partial charge < -0.3 is 10.0 Å². The molecule has 1 saturated heterocycles. The highest BCUT2D eigenvalue weighted by atomic mass is 32.2. The Hall–Kier alpha value is -1.49. The molecule has 1 aromatic rings. The lowest BCUT2D eigenvalue weighted by molar-refractivity contribution is -0.147. The van der Waals surface area contributed by atoms with Gasteiger partial charge in [-0.1, -0.05) is 30.3 Å². The summed E-state index contributed by atoms with van der Waals surface area (Å²) in [5, 5.41) is 9.24. The molecule has 102 valence electrons. The average molecular weight is 279 g/mol. The number of amides is 1. The normalized spacial score (nSPS) is 16.6. The third kappa shape index (κ3) is 3.73. The van der Waals surface area contributed by atoms with Gasteiger partial charge in [0.1, 0.15) is 6.04 Å². The molecular weight excluding hydrogens is 262 g/mol. The minimum absolute atomic E-state index is 0.0345. The number of benzene rings is 1. The number of hydrogen-bond acceptors (Lipinski definition) is 3. The van der Waals surface area contributed by atoms with Gasteiger partial charge in [-0.2, -0.15) is 11.8 Å². The van der Waals surface area contributed by atoms with Crippen LogP contribution in [0.1, 0.15) is 18.4 Å². The summed E-state index contributed by atoms with van der Waals surface area (Å²) in [6.45, 7) is 0.571. The zero-order chi connectivity index (χ0) is 13.7. The predicted octanol–water partition coefficient (Wildman–Crippen LogP) is 2.00. The molecule has 1 heterocycles. The molecule has 0 aliphatic carbocycles. The van der Waals surface area contributed by atoms with Gasteiger partial charge in [0.25, 0.3) is 0 Å². The van der Waals surface area contributed by atoms with E-state index < -0.39 is 12.0 Å². The second-order valence-corrected chi connectivity index (χ2v) is 5.58. The predicted molar refractivity (Wildman–Crippen MR) is 75.0 cm³/mol. The summed E-state index contributed by atoms with van der Waals surface area (Å²) in [4.78, 5) is 24.4. The standard InChI is InChI=1S/C14H17NO3S/c16-13-7-4-8-15(13)12(14(17)18)10-19-9-11-5-2-1-3-6-11/h1-3,5-6,12H,4,7-10H2,(H,17,18). The first-order chi connectivity index (χ1) is 9.18. The van der Waals surface area contributed by atoms with Gasteiger partial charge in [0.2, 0.25) is 5.91 Å². The van der Waals surface area contributed by atoms with Gasteiger partial charge in [0.05, 0.1) is 0 Å². The lowest BCUT2D eigenvalue weighted by atomic mass is 10.2. The Morgan fingerprint density at radius 1 is 1.37 bits per heavy atom. The molecular formula is C14H17NO3S. The van der Waals surface area contributed by atoms with E-state index in [1.54, 1.807) is 11.8 Å². The average Bonchev–Trinajstić information content (AvgIpc) is 2.82. The molecule has 0 spiro atoms. The topological polar surface area (TPSA) is 57.6 Å². The molecule has 0 saturated carbocycles.